The molecule has 3 heteroatoms. The average molecular weight is 307 g/mol. The number of guanidine groups is 1. The molecule has 1 aliphatic carbocycles. The average Bonchev–Trinajstić information content (AvgIpc) is 2.98. The molecule has 0 saturated carbocycles. The minimum atomic E-state index is 0.260. The standard InChI is InChI=1S/C20H25N3/c1-3-15-8-7-11-19(12-15)23(4-2)20(21)22-18-13-16-9-5-6-10-17(16)14-18/h5-12,18H,3-4,13-14H2,1-2H3,(H2,21,22). The van der Waals surface area contributed by atoms with Gasteiger partial charge in [0.2, 0.25) is 0 Å². The van der Waals surface area contributed by atoms with Gasteiger partial charge in [0, 0.05) is 12.2 Å². The van der Waals surface area contributed by atoms with E-state index in [4.69, 9.17) is 10.7 Å². The fourth-order valence-electron chi connectivity index (χ4n) is 3.30. The van der Waals surface area contributed by atoms with Crippen LogP contribution in [0.25, 0.3) is 0 Å². The maximum Gasteiger partial charge on any atom is 0.196 e. The molecule has 2 aromatic carbocycles. The van der Waals surface area contributed by atoms with Crippen LogP contribution in [0.4, 0.5) is 5.69 Å². The summed E-state index contributed by atoms with van der Waals surface area (Å²) < 4.78 is 0. The number of nitrogens with zero attached hydrogens (tertiary/aromatic N) is 2. The molecule has 0 fully saturated rings. The van der Waals surface area contributed by atoms with Gasteiger partial charge in [-0.15, -0.1) is 0 Å². The van der Waals surface area contributed by atoms with Gasteiger partial charge in [0.05, 0.1) is 6.04 Å². The lowest BCUT2D eigenvalue weighted by atomic mass is 10.1. The molecule has 0 bridgehead atoms. The van der Waals surface area contributed by atoms with Crippen LogP contribution in [0.2, 0.25) is 0 Å². The molecule has 3 rings (SSSR count). The molecular formula is C20H25N3. The number of nitrogens with two attached hydrogens (primary N) is 1. The zero-order chi connectivity index (χ0) is 16.2. The predicted octanol–water partition coefficient (Wildman–Crippen LogP) is 3.56. The third kappa shape index (κ3) is 3.39. The first kappa shape index (κ1) is 15.6. The highest BCUT2D eigenvalue weighted by atomic mass is 15.3. The quantitative estimate of drug-likeness (QED) is 0.693. The first-order valence-corrected chi connectivity index (χ1v) is 8.47. The molecule has 0 atom stereocenters. The van der Waals surface area contributed by atoms with Crippen LogP contribution >= 0.6 is 0 Å². The third-order valence-electron chi connectivity index (χ3n) is 4.57. The van der Waals surface area contributed by atoms with Crippen molar-refractivity contribution in [3.63, 3.8) is 0 Å². The first-order chi connectivity index (χ1) is 11.2. The van der Waals surface area contributed by atoms with Crippen LogP contribution in [-0.2, 0) is 19.3 Å². The SMILES string of the molecule is CCc1cccc(N(CC)C(N)=NC2Cc3ccccc3C2)c1. The summed E-state index contributed by atoms with van der Waals surface area (Å²) in [7, 11) is 0. The summed E-state index contributed by atoms with van der Waals surface area (Å²) in [6, 6.07) is 17.4. The Morgan fingerprint density at radius 2 is 1.78 bits per heavy atom. The van der Waals surface area contributed by atoms with Gasteiger partial charge in [-0.05, 0) is 55.0 Å². The van der Waals surface area contributed by atoms with Gasteiger partial charge < -0.3 is 10.6 Å². The second-order valence-corrected chi connectivity index (χ2v) is 6.09. The van der Waals surface area contributed by atoms with E-state index in [1.165, 1.54) is 16.7 Å². The van der Waals surface area contributed by atoms with Crippen molar-refractivity contribution in [2.24, 2.45) is 10.7 Å². The summed E-state index contributed by atoms with van der Waals surface area (Å²) in [5.74, 6) is 0.624. The van der Waals surface area contributed by atoms with E-state index in [2.05, 4.69) is 67.3 Å². The van der Waals surface area contributed by atoms with Gasteiger partial charge in [-0.2, -0.15) is 0 Å². The van der Waals surface area contributed by atoms with E-state index in [1.807, 2.05) is 0 Å². The minimum absolute atomic E-state index is 0.260. The Kier molecular flexibility index (Phi) is 4.65. The molecule has 3 nitrogen and oxygen atoms in total. The largest absolute Gasteiger partial charge is 0.370 e. The monoisotopic (exact) mass is 307 g/mol. The number of benzene rings is 2. The summed E-state index contributed by atoms with van der Waals surface area (Å²) >= 11 is 0. The van der Waals surface area contributed by atoms with Crippen LogP contribution in [0.1, 0.15) is 30.5 Å². The predicted molar refractivity (Wildman–Crippen MR) is 98.1 cm³/mol. The molecule has 0 aromatic heterocycles. The molecule has 0 spiro atoms. The first-order valence-electron chi connectivity index (χ1n) is 8.47. The van der Waals surface area contributed by atoms with Crippen LogP contribution in [0.5, 0.6) is 0 Å². The van der Waals surface area contributed by atoms with E-state index in [0.717, 1.165) is 31.5 Å². The minimum Gasteiger partial charge on any atom is -0.370 e. The Hall–Kier alpha value is -2.29. The van der Waals surface area contributed by atoms with E-state index in [-0.39, 0.29) is 6.04 Å². The van der Waals surface area contributed by atoms with Gasteiger partial charge >= 0.3 is 0 Å². The summed E-state index contributed by atoms with van der Waals surface area (Å²) in [6.07, 6.45) is 3.01. The second-order valence-electron chi connectivity index (χ2n) is 6.09. The number of rotatable bonds is 4. The Balaban J connectivity index is 1.79. The number of anilines is 1. The van der Waals surface area contributed by atoms with Crippen LogP contribution in [0.3, 0.4) is 0 Å². The lowest BCUT2D eigenvalue weighted by Crippen LogP contribution is -2.38. The van der Waals surface area contributed by atoms with Crippen molar-refractivity contribution >= 4 is 11.6 Å². The van der Waals surface area contributed by atoms with Gasteiger partial charge in [-0.1, -0.05) is 43.3 Å². The molecular weight excluding hydrogens is 282 g/mol. The van der Waals surface area contributed by atoms with Gasteiger partial charge in [-0.25, -0.2) is 4.99 Å². The smallest absolute Gasteiger partial charge is 0.196 e. The zero-order valence-corrected chi connectivity index (χ0v) is 14.0. The zero-order valence-electron chi connectivity index (χ0n) is 14.0. The molecule has 0 amide bonds. The molecule has 2 N–H and O–H groups in total. The Morgan fingerprint density at radius 3 is 2.39 bits per heavy atom. The molecule has 0 aliphatic heterocycles. The number of aryl methyl sites for hydroxylation is 1. The van der Waals surface area contributed by atoms with Crippen LogP contribution in [-0.4, -0.2) is 18.5 Å². The molecule has 23 heavy (non-hydrogen) atoms. The molecule has 0 heterocycles. The van der Waals surface area contributed by atoms with E-state index in [0.29, 0.717) is 5.96 Å². The highest BCUT2D eigenvalue weighted by Crippen LogP contribution is 2.24. The van der Waals surface area contributed by atoms with Crippen molar-refractivity contribution in [2.75, 3.05) is 11.4 Å². The Morgan fingerprint density at radius 1 is 1.09 bits per heavy atom. The van der Waals surface area contributed by atoms with Gasteiger partial charge in [0.25, 0.3) is 0 Å². The Labute approximate surface area is 138 Å². The summed E-state index contributed by atoms with van der Waals surface area (Å²) in [6.45, 7) is 5.11. The van der Waals surface area contributed by atoms with Gasteiger partial charge in [-0.3, -0.25) is 0 Å². The summed E-state index contributed by atoms with van der Waals surface area (Å²) in [4.78, 5) is 6.91. The maximum atomic E-state index is 6.34. The molecule has 0 saturated heterocycles. The fraction of sp³-hybridized carbons (Fsp3) is 0.350. The number of hydrogen-bond donors (Lipinski definition) is 1. The van der Waals surface area contributed by atoms with Crippen LogP contribution < -0.4 is 10.6 Å². The van der Waals surface area contributed by atoms with E-state index < -0.39 is 0 Å². The van der Waals surface area contributed by atoms with Crippen molar-refractivity contribution in [3.8, 4) is 0 Å². The number of hydrogen-bond acceptors (Lipinski definition) is 1. The van der Waals surface area contributed by atoms with Crippen molar-refractivity contribution < 1.29 is 0 Å². The molecule has 1 aliphatic rings. The van der Waals surface area contributed by atoms with Crippen LogP contribution in [0.15, 0.2) is 53.5 Å². The van der Waals surface area contributed by atoms with Crippen molar-refractivity contribution in [1.29, 1.82) is 0 Å². The summed E-state index contributed by atoms with van der Waals surface area (Å²) in [5, 5.41) is 0. The van der Waals surface area contributed by atoms with E-state index in [9.17, 15) is 0 Å². The number of fused-ring (bicyclic) bond motifs is 1. The molecule has 120 valence electrons. The highest BCUT2D eigenvalue weighted by molar-refractivity contribution is 5.95. The maximum absolute atomic E-state index is 6.34. The van der Waals surface area contributed by atoms with E-state index >= 15 is 0 Å². The van der Waals surface area contributed by atoms with Crippen molar-refractivity contribution in [1.82, 2.24) is 0 Å². The topological polar surface area (TPSA) is 41.6 Å². The lowest BCUT2D eigenvalue weighted by Gasteiger charge is -2.23. The molecule has 2 aromatic rings. The van der Waals surface area contributed by atoms with Crippen molar-refractivity contribution in [3.05, 3.63) is 65.2 Å². The fourth-order valence-corrected chi connectivity index (χ4v) is 3.30. The molecule has 0 radical (unpaired) electrons. The second kappa shape index (κ2) is 6.86. The molecule has 0 unspecified atom stereocenters. The lowest BCUT2D eigenvalue weighted by molar-refractivity contribution is 0.718. The third-order valence-corrected chi connectivity index (χ3v) is 4.57. The number of aliphatic imine (C=N–C) groups is 1. The van der Waals surface area contributed by atoms with E-state index in [1.54, 1.807) is 0 Å². The summed E-state index contributed by atoms with van der Waals surface area (Å²) in [5.41, 5.74) is 11.6. The Bertz CT molecular complexity index is 681. The van der Waals surface area contributed by atoms with Gasteiger partial charge in [0.15, 0.2) is 5.96 Å². The van der Waals surface area contributed by atoms with Gasteiger partial charge in [0.1, 0.15) is 0 Å². The highest BCUT2D eigenvalue weighted by Gasteiger charge is 2.21. The van der Waals surface area contributed by atoms with Crippen LogP contribution in [0, 0.1) is 0 Å². The normalized spacial score (nSPS) is 14.8. The van der Waals surface area contributed by atoms with Crippen molar-refractivity contribution in [2.45, 2.75) is 39.2 Å².